The summed E-state index contributed by atoms with van der Waals surface area (Å²) in [6.45, 7) is 14.1. The molecule has 6 heteroatoms. The van der Waals surface area contributed by atoms with Gasteiger partial charge in [0.15, 0.2) is 0 Å². The van der Waals surface area contributed by atoms with Crippen molar-refractivity contribution < 1.29 is 9.18 Å². The van der Waals surface area contributed by atoms with E-state index in [9.17, 15) is 4.39 Å². The normalized spacial score (nSPS) is 10.9. The van der Waals surface area contributed by atoms with Gasteiger partial charge in [-0.15, -0.1) is 0 Å². The topological polar surface area (TPSA) is 79.5 Å². The Kier molecular flexibility index (Phi) is 9.75. The lowest BCUT2D eigenvalue weighted by molar-refractivity contribution is -0.106. The zero-order chi connectivity index (χ0) is 22.7. The molecule has 4 N–H and O–H groups in total. The van der Waals surface area contributed by atoms with E-state index in [0.717, 1.165) is 33.9 Å². The lowest BCUT2D eigenvalue weighted by Crippen LogP contribution is -2.17. The molecule has 0 spiro atoms. The average Bonchev–Trinajstić information content (AvgIpc) is 2.62. The molecule has 1 amide bonds. The van der Waals surface area contributed by atoms with E-state index in [1.165, 1.54) is 5.56 Å². The van der Waals surface area contributed by atoms with Gasteiger partial charge in [0.25, 0.3) is 0 Å². The Morgan fingerprint density at radius 2 is 1.77 bits per heavy atom. The molecular formula is C24H33FN4O. The summed E-state index contributed by atoms with van der Waals surface area (Å²) in [6, 6.07) is 12.1. The van der Waals surface area contributed by atoms with Crippen LogP contribution in [-0.4, -0.2) is 24.8 Å². The van der Waals surface area contributed by atoms with Crippen molar-refractivity contribution in [3.63, 3.8) is 0 Å². The van der Waals surface area contributed by atoms with E-state index in [0.29, 0.717) is 13.0 Å². The van der Waals surface area contributed by atoms with Crippen molar-refractivity contribution in [3.8, 4) is 0 Å². The van der Waals surface area contributed by atoms with Gasteiger partial charge in [0.1, 0.15) is 5.67 Å². The maximum Gasteiger partial charge on any atom is 0.204 e. The van der Waals surface area contributed by atoms with Crippen LogP contribution in [0.15, 0.2) is 48.0 Å². The van der Waals surface area contributed by atoms with Crippen LogP contribution in [0.5, 0.6) is 0 Å². The molecule has 5 nitrogen and oxygen atoms in total. The fraction of sp³-hybridized carbons (Fsp3) is 0.333. The molecule has 30 heavy (non-hydrogen) atoms. The number of nitrogens with two attached hydrogens (primary N) is 1. The van der Waals surface area contributed by atoms with Crippen LogP contribution in [0.1, 0.15) is 43.9 Å². The second-order valence-corrected chi connectivity index (χ2v) is 7.58. The van der Waals surface area contributed by atoms with Crippen LogP contribution in [0.2, 0.25) is 0 Å². The van der Waals surface area contributed by atoms with Crippen molar-refractivity contribution in [1.29, 1.82) is 0 Å². The quantitative estimate of drug-likeness (QED) is 0.381. The van der Waals surface area contributed by atoms with Crippen molar-refractivity contribution >= 4 is 35.4 Å². The van der Waals surface area contributed by atoms with Crippen LogP contribution >= 0.6 is 0 Å². The van der Waals surface area contributed by atoms with Gasteiger partial charge in [0.2, 0.25) is 6.41 Å². The highest BCUT2D eigenvalue weighted by atomic mass is 19.1. The summed E-state index contributed by atoms with van der Waals surface area (Å²) in [5, 5.41) is 6.61. The predicted octanol–water partition coefficient (Wildman–Crippen LogP) is 5.76. The van der Waals surface area contributed by atoms with Gasteiger partial charge in [-0.2, -0.15) is 0 Å². The third kappa shape index (κ3) is 8.47. The number of carbonyl (C=O) groups is 1. The van der Waals surface area contributed by atoms with Crippen LogP contribution in [0.4, 0.5) is 21.5 Å². The number of hydrogen-bond acceptors (Lipinski definition) is 4. The molecular weight excluding hydrogens is 379 g/mol. The summed E-state index contributed by atoms with van der Waals surface area (Å²) in [6.07, 6.45) is 2.52. The third-order valence-corrected chi connectivity index (χ3v) is 4.26. The monoisotopic (exact) mass is 412 g/mol. The number of amides is 1. The maximum absolute atomic E-state index is 13.5. The predicted molar refractivity (Wildman–Crippen MR) is 127 cm³/mol. The summed E-state index contributed by atoms with van der Waals surface area (Å²) in [5.41, 5.74) is 9.99. The minimum Gasteiger partial charge on any atom is -0.385 e. The molecule has 2 aromatic rings. The Labute approximate surface area is 179 Å². The number of hydrogen-bond donors (Lipinski definition) is 3. The molecule has 0 bridgehead atoms. The van der Waals surface area contributed by atoms with Gasteiger partial charge in [-0.05, 0) is 82.5 Å². The van der Waals surface area contributed by atoms with E-state index < -0.39 is 5.67 Å². The molecule has 0 fully saturated rings. The Balaban J connectivity index is 0.00000141. The lowest BCUT2D eigenvalue weighted by atomic mass is 10.0. The standard InChI is InChI=1S/C23H30FN3.CH3NO/c1-7-25-21-15-16(2)14-17(3)22(21)18(4)27-20-10-8-19(9-11-20)26-13-12-23(5,6)24;2-1-3/h7-11,14-15,26-27H,4,12-13H2,1-3,5-6H3;1H,(H2,2,3). The van der Waals surface area contributed by atoms with E-state index in [1.807, 2.05) is 31.2 Å². The molecule has 0 aromatic heterocycles. The second-order valence-electron chi connectivity index (χ2n) is 7.58. The minimum atomic E-state index is -1.16. The first-order valence-corrected chi connectivity index (χ1v) is 9.85. The number of halogens is 1. The summed E-state index contributed by atoms with van der Waals surface area (Å²) in [5.74, 6) is 0. The molecule has 0 heterocycles. The molecule has 0 unspecified atom stereocenters. The molecule has 0 saturated heterocycles. The maximum atomic E-state index is 13.5. The van der Waals surface area contributed by atoms with Crippen LogP contribution in [-0.2, 0) is 4.79 Å². The SMILES string of the molecule is C=C(Nc1ccc(NCCC(C)(C)F)cc1)c1c(C)cc(C)cc1N=CC.NC=O. The number of nitrogens with zero attached hydrogens (tertiary/aromatic N) is 1. The third-order valence-electron chi connectivity index (χ3n) is 4.26. The summed E-state index contributed by atoms with van der Waals surface area (Å²) in [7, 11) is 0. The van der Waals surface area contributed by atoms with Gasteiger partial charge >= 0.3 is 0 Å². The number of primary amides is 1. The highest BCUT2D eigenvalue weighted by Crippen LogP contribution is 2.31. The molecule has 0 radical (unpaired) electrons. The van der Waals surface area contributed by atoms with E-state index in [2.05, 4.69) is 53.9 Å². The number of alkyl halides is 1. The molecule has 162 valence electrons. The van der Waals surface area contributed by atoms with Crippen LogP contribution in [0, 0.1) is 13.8 Å². The lowest BCUT2D eigenvalue weighted by Gasteiger charge is -2.17. The van der Waals surface area contributed by atoms with Crippen molar-refractivity contribution in [2.45, 2.75) is 46.7 Å². The van der Waals surface area contributed by atoms with Gasteiger partial charge in [-0.25, -0.2) is 4.39 Å². The minimum absolute atomic E-state index is 0.250. The Morgan fingerprint density at radius 1 is 1.20 bits per heavy atom. The fourth-order valence-electron chi connectivity index (χ4n) is 2.99. The Bertz CT molecular complexity index is 868. The van der Waals surface area contributed by atoms with Crippen molar-refractivity contribution in [1.82, 2.24) is 0 Å². The highest BCUT2D eigenvalue weighted by molar-refractivity contribution is 5.84. The first kappa shape index (κ1) is 24.9. The van der Waals surface area contributed by atoms with Crippen molar-refractivity contribution in [2.24, 2.45) is 10.7 Å². The summed E-state index contributed by atoms with van der Waals surface area (Å²) < 4.78 is 13.5. The van der Waals surface area contributed by atoms with E-state index in [-0.39, 0.29) is 6.41 Å². The number of aryl methyl sites for hydroxylation is 2. The zero-order valence-corrected chi connectivity index (χ0v) is 18.6. The summed E-state index contributed by atoms with van der Waals surface area (Å²) in [4.78, 5) is 13.1. The fourth-order valence-corrected chi connectivity index (χ4v) is 2.99. The first-order valence-electron chi connectivity index (χ1n) is 9.85. The number of aliphatic imine (C=N–C) groups is 1. The van der Waals surface area contributed by atoms with Gasteiger partial charge < -0.3 is 16.4 Å². The molecule has 2 rings (SSSR count). The van der Waals surface area contributed by atoms with E-state index in [4.69, 9.17) is 4.79 Å². The average molecular weight is 413 g/mol. The Morgan fingerprint density at radius 3 is 2.30 bits per heavy atom. The van der Waals surface area contributed by atoms with Crippen LogP contribution in [0.3, 0.4) is 0 Å². The van der Waals surface area contributed by atoms with Gasteiger partial charge in [0, 0.05) is 35.4 Å². The van der Waals surface area contributed by atoms with E-state index >= 15 is 0 Å². The van der Waals surface area contributed by atoms with Gasteiger partial charge in [-0.1, -0.05) is 12.6 Å². The van der Waals surface area contributed by atoms with E-state index in [1.54, 1.807) is 20.1 Å². The summed E-state index contributed by atoms with van der Waals surface area (Å²) >= 11 is 0. The van der Waals surface area contributed by atoms with Crippen molar-refractivity contribution in [2.75, 3.05) is 17.2 Å². The molecule has 0 saturated carbocycles. The van der Waals surface area contributed by atoms with Crippen molar-refractivity contribution in [3.05, 3.63) is 59.7 Å². The van der Waals surface area contributed by atoms with Gasteiger partial charge in [0.05, 0.1) is 5.69 Å². The number of benzene rings is 2. The van der Waals surface area contributed by atoms with Gasteiger partial charge in [-0.3, -0.25) is 9.79 Å². The molecule has 0 aliphatic heterocycles. The molecule has 0 aliphatic carbocycles. The molecule has 0 atom stereocenters. The Hall–Kier alpha value is -3.15. The highest BCUT2D eigenvalue weighted by Gasteiger charge is 2.14. The van der Waals surface area contributed by atoms with Crippen LogP contribution in [0.25, 0.3) is 5.70 Å². The molecule has 0 aliphatic rings. The first-order chi connectivity index (χ1) is 14.1. The number of carbonyl (C=O) groups excluding carboxylic acids is 1. The number of rotatable bonds is 8. The second kappa shape index (κ2) is 11.8. The smallest absolute Gasteiger partial charge is 0.204 e. The largest absolute Gasteiger partial charge is 0.385 e. The number of anilines is 2. The zero-order valence-electron chi connectivity index (χ0n) is 18.6. The molecule has 2 aromatic carbocycles. The number of nitrogens with one attached hydrogen (secondary N) is 2. The van der Waals surface area contributed by atoms with Crippen LogP contribution < -0.4 is 16.4 Å².